The highest BCUT2D eigenvalue weighted by Crippen LogP contribution is 2.36. The number of anilines is 1. The highest BCUT2D eigenvalue weighted by molar-refractivity contribution is 5.98. The third-order valence-electron chi connectivity index (χ3n) is 2.93. The zero-order valence-electron chi connectivity index (χ0n) is 10.7. The van der Waals surface area contributed by atoms with Crippen LogP contribution in [0.3, 0.4) is 0 Å². The summed E-state index contributed by atoms with van der Waals surface area (Å²) in [6, 6.07) is 5.96. The molecule has 1 aromatic carbocycles. The van der Waals surface area contributed by atoms with Gasteiger partial charge >= 0.3 is 0 Å². The third kappa shape index (κ3) is 1.93. The van der Waals surface area contributed by atoms with Crippen LogP contribution in [-0.2, 0) is 5.41 Å². The van der Waals surface area contributed by atoms with Crippen molar-refractivity contribution in [2.45, 2.75) is 26.2 Å². The Labute approximate surface area is 102 Å². The molecule has 90 valence electrons. The van der Waals surface area contributed by atoms with Crippen LogP contribution in [-0.4, -0.2) is 12.1 Å². The van der Waals surface area contributed by atoms with Crippen molar-refractivity contribution < 1.29 is 4.74 Å². The fraction of sp³-hybridized carbons (Fsp3) is 0.357. The molecule has 0 amide bonds. The molecule has 3 nitrogen and oxygen atoms in total. The summed E-state index contributed by atoms with van der Waals surface area (Å²) in [5.74, 6) is 1.30. The van der Waals surface area contributed by atoms with Crippen LogP contribution in [0, 0.1) is 0 Å². The van der Waals surface area contributed by atoms with Crippen LogP contribution in [0.4, 0.5) is 5.82 Å². The summed E-state index contributed by atoms with van der Waals surface area (Å²) in [7, 11) is 1.65. The van der Waals surface area contributed by atoms with E-state index in [1.54, 1.807) is 7.11 Å². The van der Waals surface area contributed by atoms with Crippen molar-refractivity contribution >= 4 is 16.6 Å². The van der Waals surface area contributed by atoms with Crippen LogP contribution >= 0.6 is 0 Å². The lowest BCUT2D eigenvalue weighted by molar-refractivity contribution is 0.420. The summed E-state index contributed by atoms with van der Waals surface area (Å²) in [6.07, 6.45) is 1.86. The molecule has 0 saturated heterocycles. The molecule has 3 heteroatoms. The number of rotatable bonds is 1. The first-order valence-corrected chi connectivity index (χ1v) is 5.67. The molecule has 0 spiro atoms. The van der Waals surface area contributed by atoms with Gasteiger partial charge in [0.15, 0.2) is 0 Å². The van der Waals surface area contributed by atoms with Gasteiger partial charge in [-0.1, -0.05) is 32.9 Å². The van der Waals surface area contributed by atoms with Gasteiger partial charge in [0.05, 0.1) is 12.5 Å². The van der Waals surface area contributed by atoms with E-state index < -0.39 is 0 Å². The molecule has 0 aliphatic rings. The average molecular weight is 230 g/mol. The summed E-state index contributed by atoms with van der Waals surface area (Å²) < 4.78 is 5.36. The predicted molar refractivity (Wildman–Crippen MR) is 71.4 cm³/mol. The van der Waals surface area contributed by atoms with Crippen molar-refractivity contribution in [3.63, 3.8) is 0 Å². The maximum atomic E-state index is 5.95. The molecule has 17 heavy (non-hydrogen) atoms. The van der Waals surface area contributed by atoms with E-state index in [-0.39, 0.29) is 5.41 Å². The fourth-order valence-corrected chi connectivity index (χ4v) is 2.06. The maximum absolute atomic E-state index is 5.95. The Balaban J connectivity index is 2.88. The fourth-order valence-electron chi connectivity index (χ4n) is 2.06. The number of hydrogen-bond donors (Lipinski definition) is 1. The molecule has 0 unspecified atom stereocenters. The van der Waals surface area contributed by atoms with Crippen LogP contribution in [0.5, 0.6) is 5.75 Å². The minimum Gasteiger partial charge on any atom is -0.496 e. The maximum Gasteiger partial charge on any atom is 0.135 e. The van der Waals surface area contributed by atoms with Gasteiger partial charge in [0.2, 0.25) is 0 Å². The van der Waals surface area contributed by atoms with Gasteiger partial charge in [-0.25, -0.2) is 4.98 Å². The topological polar surface area (TPSA) is 48.1 Å². The largest absolute Gasteiger partial charge is 0.496 e. The number of ether oxygens (including phenoxy) is 1. The molecule has 0 aliphatic heterocycles. The van der Waals surface area contributed by atoms with Crippen LogP contribution in [0.1, 0.15) is 26.3 Å². The lowest BCUT2D eigenvalue weighted by Crippen LogP contribution is -2.13. The van der Waals surface area contributed by atoms with E-state index in [0.29, 0.717) is 5.82 Å². The summed E-state index contributed by atoms with van der Waals surface area (Å²) in [4.78, 5) is 4.28. The Morgan fingerprint density at radius 2 is 1.94 bits per heavy atom. The minimum absolute atomic E-state index is 0.0331. The Hall–Kier alpha value is -1.77. The number of nitrogen functional groups attached to an aromatic ring is 1. The lowest BCUT2D eigenvalue weighted by Gasteiger charge is -2.22. The zero-order chi connectivity index (χ0) is 12.6. The second-order valence-electron chi connectivity index (χ2n) is 5.19. The smallest absolute Gasteiger partial charge is 0.135 e. The molecule has 0 radical (unpaired) electrons. The molecule has 0 fully saturated rings. The first-order chi connectivity index (χ1) is 7.95. The van der Waals surface area contributed by atoms with Gasteiger partial charge in [0.25, 0.3) is 0 Å². The van der Waals surface area contributed by atoms with Gasteiger partial charge in [-0.3, -0.25) is 0 Å². The van der Waals surface area contributed by atoms with Crippen LogP contribution in [0.15, 0.2) is 24.4 Å². The van der Waals surface area contributed by atoms with Gasteiger partial charge in [-0.05, 0) is 22.4 Å². The summed E-state index contributed by atoms with van der Waals surface area (Å²) in [6.45, 7) is 6.50. The van der Waals surface area contributed by atoms with Crippen LogP contribution in [0.2, 0.25) is 0 Å². The Morgan fingerprint density at radius 3 is 2.53 bits per heavy atom. The lowest BCUT2D eigenvalue weighted by atomic mass is 9.85. The van der Waals surface area contributed by atoms with E-state index in [1.165, 1.54) is 5.56 Å². The molecule has 0 bridgehead atoms. The van der Waals surface area contributed by atoms with Crippen molar-refractivity contribution in [2.75, 3.05) is 12.8 Å². The summed E-state index contributed by atoms with van der Waals surface area (Å²) >= 11 is 0. The number of nitrogens with two attached hydrogens (primary N) is 1. The molecule has 2 rings (SSSR count). The number of fused-ring (bicyclic) bond motifs is 1. The SMILES string of the molecule is COc1cccc2c(C(C)(C)C)cnc(N)c12. The number of pyridine rings is 1. The molecule has 1 heterocycles. The van der Waals surface area contributed by atoms with E-state index in [1.807, 2.05) is 18.3 Å². The molecule has 0 aliphatic carbocycles. The van der Waals surface area contributed by atoms with Crippen molar-refractivity contribution in [2.24, 2.45) is 0 Å². The van der Waals surface area contributed by atoms with Crippen molar-refractivity contribution in [3.05, 3.63) is 30.0 Å². The third-order valence-corrected chi connectivity index (χ3v) is 2.93. The Kier molecular flexibility index (Phi) is 2.69. The molecule has 0 atom stereocenters. The van der Waals surface area contributed by atoms with E-state index >= 15 is 0 Å². The van der Waals surface area contributed by atoms with Gasteiger partial charge in [-0.15, -0.1) is 0 Å². The Morgan fingerprint density at radius 1 is 1.24 bits per heavy atom. The molecule has 2 N–H and O–H groups in total. The van der Waals surface area contributed by atoms with Gasteiger partial charge < -0.3 is 10.5 Å². The Bertz CT molecular complexity index is 556. The molecule has 0 saturated carbocycles. The van der Waals surface area contributed by atoms with Crippen molar-refractivity contribution in [1.82, 2.24) is 4.98 Å². The highest BCUT2D eigenvalue weighted by Gasteiger charge is 2.19. The van der Waals surface area contributed by atoms with E-state index in [2.05, 4.69) is 31.8 Å². The number of nitrogens with zero attached hydrogens (tertiary/aromatic N) is 1. The van der Waals surface area contributed by atoms with E-state index in [0.717, 1.165) is 16.5 Å². The normalized spacial score (nSPS) is 11.8. The zero-order valence-corrected chi connectivity index (χ0v) is 10.7. The van der Waals surface area contributed by atoms with Crippen molar-refractivity contribution in [1.29, 1.82) is 0 Å². The second kappa shape index (κ2) is 3.91. The number of methoxy groups -OCH3 is 1. The monoisotopic (exact) mass is 230 g/mol. The quantitative estimate of drug-likeness (QED) is 0.818. The van der Waals surface area contributed by atoms with E-state index in [4.69, 9.17) is 10.5 Å². The standard InChI is InChI=1S/C14H18N2O/c1-14(2,3)10-8-16-13(15)12-9(10)6-5-7-11(12)17-4/h5-8H,1-4H3,(H2,15,16). The number of aromatic nitrogens is 1. The number of hydrogen-bond acceptors (Lipinski definition) is 3. The average Bonchev–Trinajstić information content (AvgIpc) is 2.27. The van der Waals surface area contributed by atoms with Gasteiger partial charge in [0, 0.05) is 6.20 Å². The summed E-state index contributed by atoms with van der Waals surface area (Å²) in [5, 5.41) is 2.02. The highest BCUT2D eigenvalue weighted by atomic mass is 16.5. The van der Waals surface area contributed by atoms with Gasteiger partial charge in [0.1, 0.15) is 11.6 Å². The molecule has 2 aromatic rings. The van der Waals surface area contributed by atoms with Crippen molar-refractivity contribution in [3.8, 4) is 5.75 Å². The van der Waals surface area contributed by atoms with Crippen LogP contribution in [0.25, 0.3) is 10.8 Å². The summed E-state index contributed by atoms with van der Waals surface area (Å²) in [5.41, 5.74) is 7.17. The van der Waals surface area contributed by atoms with Gasteiger partial charge in [-0.2, -0.15) is 0 Å². The minimum atomic E-state index is 0.0331. The molecular weight excluding hydrogens is 212 g/mol. The first-order valence-electron chi connectivity index (χ1n) is 5.67. The second-order valence-corrected chi connectivity index (χ2v) is 5.19. The van der Waals surface area contributed by atoms with Crippen LogP contribution < -0.4 is 10.5 Å². The molecule has 1 aromatic heterocycles. The molecular formula is C14H18N2O. The number of benzene rings is 1. The first kappa shape index (κ1) is 11.7. The van der Waals surface area contributed by atoms with E-state index in [9.17, 15) is 0 Å². The predicted octanol–water partition coefficient (Wildman–Crippen LogP) is 3.12.